The summed E-state index contributed by atoms with van der Waals surface area (Å²) in [6.45, 7) is 2.76. The third-order valence-electron chi connectivity index (χ3n) is 1.92. The van der Waals surface area contributed by atoms with Crippen molar-refractivity contribution >= 4 is 0 Å². The van der Waals surface area contributed by atoms with Crippen molar-refractivity contribution in [1.29, 1.82) is 0 Å². The number of hydrogen-bond acceptors (Lipinski definition) is 2. The lowest BCUT2D eigenvalue weighted by molar-refractivity contribution is 0.697. The lowest BCUT2D eigenvalue weighted by Gasteiger charge is -1.94. The number of hydrogen-bond donors (Lipinski definition) is 2. The number of aryl methyl sites for hydroxylation is 1. The molecule has 3 N–H and O–H groups in total. The van der Waals surface area contributed by atoms with Gasteiger partial charge in [0.1, 0.15) is 5.82 Å². The van der Waals surface area contributed by atoms with Crippen LogP contribution in [0.5, 0.6) is 0 Å². The van der Waals surface area contributed by atoms with Gasteiger partial charge in [0.25, 0.3) is 0 Å². The topological polar surface area (TPSA) is 54.7 Å². The number of aromatic nitrogens is 2. The molecule has 3 heteroatoms. The second kappa shape index (κ2) is 4.93. The Morgan fingerprint density at radius 3 is 2.92 bits per heavy atom. The minimum Gasteiger partial charge on any atom is -0.345 e. The van der Waals surface area contributed by atoms with Crippen molar-refractivity contribution in [1.82, 2.24) is 9.97 Å². The molecular weight excluding hydrogens is 150 g/mol. The molecule has 0 spiro atoms. The number of aromatic amines is 1. The van der Waals surface area contributed by atoms with Crippen LogP contribution in [0, 0.1) is 0 Å². The summed E-state index contributed by atoms with van der Waals surface area (Å²) < 4.78 is 0. The van der Waals surface area contributed by atoms with E-state index in [1.165, 1.54) is 19.3 Å². The number of nitrogens with zero attached hydrogens (tertiary/aromatic N) is 1. The lowest BCUT2D eigenvalue weighted by Crippen LogP contribution is -1.96. The van der Waals surface area contributed by atoms with E-state index >= 15 is 0 Å². The zero-order valence-electron chi connectivity index (χ0n) is 7.64. The van der Waals surface area contributed by atoms with Gasteiger partial charge in [-0.3, -0.25) is 0 Å². The van der Waals surface area contributed by atoms with Crippen molar-refractivity contribution in [3.8, 4) is 0 Å². The van der Waals surface area contributed by atoms with Crippen molar-refractivity contribution in [2.24, 2.45) is 5.73 Å². The Bertz CT molecular complexity index is 217. The third kappa shape index (κ3) is 2.66. The van der Waals surface area contributed by atoms with Crippen LogP contribution < -0.4 is 5.73 Å². The summed E-state index contributed by atoms with van der Waals surface area (Å²) in [7, 11) is 0. The van der Waals surface area contributed by atoms with E-state index in [1.807, 2.05) is 6.20 Å². The van der Waals surface area contributed by atoms with Gasteiger partial charge in [-0.05, 0) is 6.42 Å². The van der Waals surface area contributed by atoms with Crippen LogP contribution in [0.25, 0.3) is 0 Å². The second-order valence-electron chi connectivity index (χ2n) is 3.02. The average molecular weight is 167 g/mol. The van der Waals surface area contributed by atoms with Gasteiger partial charge in [0, 0.05) is 24.9 Å². The molecule has 0 aliphatic carbocycles. The molecule has 0 bridgehead atoms. The van der Waals surface area contributed by atoms with Crippen molar-refractivity contribution in [2.75, 3.05) is 0 Å². The van der Waals surface area contributed by atoms with E-state index in [9.17, 15) is 0 Å². The van der Waals surface area contributed by atoms with E-state index in [4.69, 9.17) is 5.73 Å². The van der Waals surface area contributed by atoms with Gasteiger partial charge in [-0.25, -0.2) is 4.98 Å². The van der Waals surface area contributed by atoms with Gasteiger partial charge in [-0.2, -0.15) is 0 Å². The fraction of sp³-hybridized carbons (Fsp3) is 0.667. The first-order chi connectivity index (χ1) is 5.86. The van der Waals surface area contributed by atoms with Crippen molar-refractivity contribution in [2.45, 2.75) is 39.2 Å². The molecular formula is C9H17N3. The van der Waals surface area contributed by atoms with Gasteiger partial charge < -0.3 is 10.7 Å². The highest BCUT2D eigenvalue weighted by Gasteiger charge is 1.97. The summed E-state index contributed by atoms with van der Waals surface area (Å²) in [4.78, 5) is 7.41. The number of nitrogens with one attached hydrogen (secondary N) is 1. The van der Waals surface area contributed by atoms with E-state index in [2.05, 4.69) is 16.9 Å². The molecule has 3 nitrogen and oxygen atoms in total. The van der Waals surface area contributed by atoms with Gasteiger partial charge >= 0.3 is 0 Å². The smallest absolute Gasteiger partial charge is 0.106 e. The van der Waals surface area contributed by atoms with Gasteiger partial charge in [0.15, 0.2) is 0 Å². The zero-order valence-corrected chi connectivity index (χ0v) is 7.64. The van der Waals surface area contributed by atoms with Crippen LogP contribution in [0.3, 0.4) is 0 Å². The lowest BCUT2D eigenvalue weighted by atomic mass is 10.2. The summed E-state index contributed by atoms with van der Waals surface area (Å²) in [5.41, 5.74) is 6.48. The molecule has 0 fully saturated rings. The molecule has 0 radical (unpaired) electrons. The highest BCUT2D eigenvalue weighted by Crippen LogP contribution is 2.02. The molecule has 0 saturated heterocycles. The first kappa shape index (κ1) is 9.26. The number of unbranched alkanes of at least 4 members (excludes halogenated alkanes) is 2. The van der Waals surface area contributed by atoms with Crippen LogP contribution in [0.15, 0.2) is 6.20 Å². The van der Waals surface area contributed by atoms with Crippen LogP contribution in [0.1, 0.15) is 37.7 Å². The molecule has 12 heavy (non-hydrogen) atoms. The molecule has 68 valence electrons. The largest absolute Gasteiger partial charge is 0.345 e. The van der Waals surface area contributed by atoms with Gasteiger partial charge in [-0.1, -0.05) is 19.8 Å². The maximum Gasteiger partial charge on any atom is 0.106 e. The average Bonchev–Trinajstić information content (AvgIpc) is 2.53. The Labute approximate surface area is 73.4 Å². The Morgan fingerprint density at radius 2 is 2.33 bits per heavy atom. The van der Waals surface area contributed by atoms with Crippen LogP contribution >= 0.6 is 0 Å². The highest BCUT2D eigenvalue weighted by molar-refractivity contribution is 5.00. The van der Waals surface area contributed by atoms with E-state index in [0.717, 1.165) is 17.9 Å². The molecule has 0 unspecified atom stereocenters. The Hall–Kier alpha value is -0.830. The summed E-state index contributed by atoms with van der Waals surface area (Å²) in [6.07, 6.45) is 6.62. The van der Waals surface area contributed by atoms with Crippen LogP contribution in [0.2, 0.25) is 0 Å². The number of rotatable bonds is 5. The maximum atomic E-state index is 5.45. The molecule has 0 aliphatic heterocycles. The normalized spacial score (nSPS) is 10.5. The second-order valence-corrected chi connectivity index (χ2v) is 3.02. The summed E-state index contributed by atoms with van der Waals surface area (Å²) in [5, 5.41) is 0. The first-order valence-corrected chi connectivity index (χ1v) is 4.59. The van der Waals surface area contributed by atoms with Gasteiger partial charge in [0.05, 0.1) is 0 Å². The predicted molar refractivity (Wildman–Crippen MR) is 49.7 cm³/mol. The van der Waals surface area contributed by atoms with Crippen LogP contribution in [-0.2, 0) is 13.0 Å². The summed E-state index contributed by atoms with van der Waals surface area (Å²) >= 11 is 0. The molecule has 1 aromatic heterocycles. The SMILES string of the molecule is CCCCCc1ncc(CN)[nH]1. The minimum atomic E-state index is 0.556. The standard InChI is InChI=1S/C9H17N3/c1-2-3-4-5-9-11-7-8(6-10)12-9/h7H,2-6,10H2,1H3,(H,11,12). The van der Waals surface area contributed by atoms with E-state index < -0.39 is 0 Å². The molecule has 1 heterocycles. The summed E-state index contributed by atoms with van der Waals surface area (Å²) in [5.74, 6) is 1.07. The van der Waals surface area contributed by atoms with Crippen molar-refractivity contribution < 1.29 is 0 Å². The predicted octanol–water partition coefficient (Wildman–Crippen LogP) is 1.60. The Balaban J connectivity index is 2.31. The van der Waals surface area contributed by atoms with Crippen LogP contribution in [-0.4, -0.2) is 9.97 Å². The fourth-order valence-electron chi connectivity index (χ4n) is 1.18. The van der Waals surface area contributed by atoms with E-state index in [0.29, 0.717) is 6.54 Å². The molecule has 0 aromatic carbocycles. The molecule has 0 atom stereocenters. The Kier molecular flexibility index (Phi) is 3.80. The monoisotopic (exact) mass is 167 g/mol. The third-order valence-corrected chi connectivity index (χ3v) is 1.92. The van der Waals surface area contributed by atoms with Crippen molar-refractivity contribution in [3.63, 3.8) is 0 Å². The highest BCUT2D eigenvalue weighted by atomic mass is 14.9. The quantitative estimate of drug-likeness (QED) is 0.654. The van der Waals surface area contributed by atoms with Crippen molar-refractivity contribution in [3.05, 3.63) is 17.7 Å². The summed E-state index contributed by atoms with van der Waals surface area (Å²) in [6, 6.07) is 0. The van der Waals surface area contributed by atoms with Gasteiger partial charge in [-0.15, -0.1) is 0 Å². The number of imidazole rings is 1. The molecule has 0 aliphatic rings. The molecule has 0 saturated carbocycles. The van der Waals surface area contributed by atoms with E-state index in [-0.39, 0.29) is 0 Å². The molecule has 1 rings (SSSR count). The number of nitrogens with two attached hydrogens (primary N) is 1. The van der Waals surface area contributed by atoms with Crippen LogP contribution in [0.4, 0.5) is 0 Å². The maximum absolute atomic E-state index is 5.45. The molecule has 1 aromatic rings. The fourth-order valence-corrected chi connectivity index (χ4v) is 1.18. The zero-order chi connectivity index (χ0) is 8.81. The van der Waals surface area contributed by atoms with E-state index in [1.54, 1.807) is 0 Å². The minimum absolute atomic E-state index is 0.556. The first-order valence-electron chi connectivity index (χ1n) is 4.59. The molecule has 0 amide bonds. The Morgan fingerprint density at radius 1 is 1.50 bits per heavy atom. The van der Waals surface area contributed by atoms with Gasteiger partial charge in [0.2, 0.25) is 0 Å². The number of H-pyrrole nitrogens is 1.